The van der Waals surface area contributed by atoms with Gasteiger partial charge in [-0.3, -0.25) is 4.79 Å². The number of nitrogens with zero attached hydrogens (tertiary/aromatic N) is 2. The van der Waals surface area contributed by atoms with Crippen LogP contribution in [0.4, 0.5) is 5.69 Å². The molecule has 2 aromatic carbocycles. The number of amides is 1. The maximum Gasteiger partial charge on any atom is 0.255 e. The molecule has 0 radical (unpaired) electrons. The zero-order valence-corrected chi connectivity index (χ0v) is 15.5. The lowest BCUT2D eigenvalue weighted by atomic mass is 9.93. The third-order valence-electron chi connectivity index (χ3n) is 4.65. The highest BCUT2D eigenvalue weighted by atomic mass is 32.2. The van der Waals surface area contributed by atoms with E-state index in [1.165, 1.54) is 0 Å². The first-order valence-electron chi connectivity index (χ1n) is 8.84. The van der Waals surface area contributed by atoms with Crippen LogP contribution in [0.2, 0.25) is 0 Å². The zero-order valence-electron chi connectivity index (χ0n) is 14.7. The van der Waals surface area contributed by atoms with Gasteiger partial charge in [0.1, 0.15) is 0 Å². The third-order valence-corrected chi connectivity index (χ3v) is 5.73. The van der Waals surface area contributed by atoms with Crippen molar-refractivity contribution in [1.29, 1.82) is 0 Å². The lowest BCUT2D eigenvalue weighted by Crippen LogP contribution is -2.42. The molecule has 2 heterocycles. The van der Waals surface area contributed by atoms with Crippen LogP contribution < -0.4 is 5.32 Å². The summed E-state index contributed by atoms with van der Waals surface area (Å²) < 4.78 is 0. The molecule has 0 aliphatic carbocycles. The normalized spacial score (nSPS) is 19.7. The van der Waals surface area contributed by atoms with Crippen LogP contribution in [0.3, 0.4) is 0 Å². The van der Waals surface area contributed by atoms with Crippen molar-refractivity contribution in [1.82, 2.24) is 4.90 Å². The summed E-state index contributed by atoms with van der Waals surface area (Å²) in [5, 5.41) is 4.06. The van der Waals surface area contributed by atoms with Gasteiger partial charge in [-0.25, -0.2) is 4.99 Å². The van der Waals surface area contributed by atoms with Gasteiger partial charge in [0, 0.05) is 18.0 Å². The molecule has 4 rings (SSSR count). The monoisotopic (exact) mass is 363 g/mol. The smallest absolute Gasteiger partial charge is 0.255 e. The standard InChI is InChI=1S/C21H21N3OS/c1-15-18(20(25)23-17-11-6-3-7-12-17)19(16-9-4-2-5-10-16)24-13-8-14-26-21(24)22-15/h2-7,9-12,19H,8,13-14H2,1H3,(H,23,25). The van der Waals surface area contributed by atoms with Crippen molar-refractivity contribution in [2.45, 2.75) is 19.4 Å². The van der Waals surface area contributed by atoms with E-state index in [2.05, 4.69) is 22.3 Å². The van der Waals surface area contributed by atoms with Gasteiger partial charge >= 0.3 is 0 Å². The molecular formula is C21H21N3OS. The minimum Gasteiger partial charge on any atom is -0.340 e. The van der Waals surface area contributed by atoms with Gasteiger partial charge in [0.05, 0.1) is 17.3 Å². The Morgan fingerprint density at radius 1 is 1.12 bits per heavy atom. The summed E-state index contributed by atoms with van der Waals surface area (Å²) >= 11 is 1.78. The summed E-state index contributed by atoms with van der Waals surface area (Å²) in [6.07, 6.45) is 1.10. The van der Waals surface area contributed by atoms with Crippen LogP contribution in [0, 0.1) is 0 Å². The van der Waals surface area contributed by atoms with E-state index in [9.17, 15) is 4.79 Å². The number of carbonyl (C=O) groups is 1. The molecular weight excluding hydrogens is 342 g/mol. The first-order valence-corrected chi connectivity index (χ1v) is 9.83. The first-order chi connectivity index (χ1) is 12.7. The Bertz CT molecular complexity index is 861. The highest BCUT2D eigenvalue weighted by molar-refractivity contribution is 8.13. The van der Waals surface area contributed by atoms with E-state index in [-0.39, 0.29) is 11.9 Å². The number of hydrogen-bond donors (Lipinski definition) is 1. The number of benzene rings is 2. The molecule has 132 valence electrons. The molecule has 2 aromatic rings. The van der Waals surface area contributed by atoms with Crippen LogP contribution >= 0.6 is 11.8 Å². The Kier molecular flexibility index (Phi) is 4.80. The van der Waals surface area contributed by atoms with E-state index >= 15 is 0 Å². The molecule has 2 aliphatic heterocycles. The van der Waals surface area contributed by atoms with Gasteiger partial charge in [-0.05, 0) is 31.0 Å². The fourth-order valence-electron chi connectivity index (χ4n) is 3.46. The lowest BCUT2D eigenvalue weighted by molar-refractivity contribution is -0.113. The Hall–Kier alpha value is -2.53. The second-order valence-corrected chi connectivity index (χ2v) is 7.48. The molecule has 1 saturated heterocycles. The zero-order chi connectivity index (χ0) is 17.9. The Morgan fingerprint density at radius 3 is 2.54 bits per heavy atom. The summed E-state index contributed by atoms with van der Waals surface area (Å²) in [5.41, 5.74) is 3.45. The van der Waals surface area contributed by atoms with E-state index in [1.54, 1.807) is 11.8 Å². The number of allylic oxidation sites excluding steroid dienone is 1. The predicted molar refractivity (Wildman–Crippen MR) is 108 cm³/mol. The fraction of sp³-hybridized carbons (Fsp3) is 0.238. The van der Waals surface area contributed by atoms with Gasteiger partial charge in [-0.1, -0.05) is 60.3 Å². The third kappa shape index (κ3) is 3.27. The second kappa shape index (κ2) is 7.38. The number of thioether (sulfide) groups is 1. The number of aliphatic imine (C=N–C) groups is 1. The van der Waals surface area contributed by atoms with Gasteiger partial charge in [-0.15, -0.1) is 0 Å². The minimum absolute atomic E-state index is 0.0825. The maximum absolute atomic E-state index is 13.2. The van der Waals surface area contributed by atoms with E-state index < -0.39 is 0 Å². The number of para-hydroxylation sites is 1. The lowest BCUT2D eigenvalue weighted by Gasteiger charge is -2.40. The summed E-state index contributed by atoms with van der Waals surface area (Å²) in [4.78, 5) is 20.2. The Balaban J connectivity index is 1.75. The molecule has 0 spiro atoms. The van der Waals surface area contributed by atoms with Crippen LogP contribution in [0.5, 0.6) is 0 Å². The number of rotatable bonds is 3. The molecule has 4 nitrogen and oxygen atoms in total. The van der Waals surface area contributed by atoms with Gasteiger partial charge in [0.2, 0.25) is 0 Å². The topological polar surface area (TPSA) is 44.7 Å². The van der Waals surface area contributed by atoms with Crippen LogP contribution in [0.15, 0.2) is 76.9 Å². The van der Waals surface area contributed by atoms with Crippen molar-refractivity contribution in [2.75, 3.05) is 17.6 Å². The molecule has 1 fully saturated rings. The van der Waals surface area contributed by atoms with Crippen molar-refractivity contribution in [3.63, 3.8) is 0 Å². The Morgan fingerprint density at radius 2 is 1.81 bits per heavy atom. The summed E-state index contributed by atoms with van der Waals surface area (Å²) in [5.74, 6) is 0.997. The largest absolute Gasteiger partial charge is 0.340 e. The fourth-order valence-corrected chi connectivity index (χ4v) is 4.48. The highest BCUT2D eigenvalue weighted by Gasteiger charge is 2.36. The highest BCUT2D eigenvalue weighted by Crippen LogP contribution is 2.39. The Labute approximate surface area is 158 Å². The van der Waals surface area contributed by atoms with Gasteiger partial charge < -0.3 is 10.2 Å². The quantitative estimate of drug-likeness (QED) is 0.876. The molecule has 0 saturated carbocycles. The molecule has 1 amide bonds. The average Bonchev–Trinajstić information content (AvgIpc) is 2.68. The van der Waals surface area contributed by atoms with Crippen LogP contribution in [0.25, 0.3) is 0 Å². The number of nitrogens with one attached hydrogen (secondary N) is 1. The molecule has 26 heavy (non-hydrogen) atoms. The minimum atomic E-state index is -0.0970. The summed E-state index contributed by atoms with van der Waals surface area (Å²) in [6, 6.07) is 19.7. The SMILES string of the molecule is CC1=C(C(=O)Nc2ccccc2)C(c2ccccc2)N2CCCSC2=N1. The van der Waals surface area contributed by atoms with Crippen LogP contribution in [0.1, 0.15) is 24.9 Å². The molecule has 1 unspecified atom stereocenters. The molecule has 1 atom stereocenters. The predicted octanol–water partition coefficient (Wildman–Crippen LogP) is 4.45. The number of hydrogen-bond acceptors (Lipinski definition) is 4. The van der Waals surface area contributed by atoms with Crippen LogP contribution in [-0.4, -0.2) is 28.3 Å². The average molecular weight is 363 g/mol. The van der Waals surface area contributed by atoms with Gasteiger partial charge in [0.15, 0.2) is 5.17 Å². The molecule has 0 aromatic heterocycles. The van der Waals surface area contributed by atoms with Crippen LogP contribution in [-0.2, 0) is 4.79 Å². The summed E-state index contributed by atoms with van der Waals surface area (Å²) in [6.45, 7) is 2.86. The molecule has 5 heteroatoms. The molecule has 0 bridgehead atoms. The van der Waals surface area contributed by atoms with Gasteiger partial charge in [-0.2, -0.15) is 0 Å². The van der Waals surface area contributed by atoms with Crippen molar-refractivity contribution in [3.8, 4) is 0 Å². The van der Waals surface area contributed by atoms with Crippen molar-refractivity contribution in [3.05, 3.63) is 77.5 Å². The number of anilines is 1. The first kappa shape index (κ1) is 16.9. The van der Waals surface area contributed by atoms with Crippen molar-refractivity contribution in [2.24, 2.45) is 4.99 Å². The molecule has 2 aliphatic rings. The van der Waals surface area contributed by atoms with E-state index in [0.29, 0.717) is 0 Å². The number of fused-ring (bicyclic) bond motifs is 1. The number of amidine groups is 1. The summed E-state index contributed by atoms with van der Waals surface area (Å²) in [7, 11) is 0. The van der Waals surface area contributed by atoms with Crippen molar-refractivity contribution >= 4 is 28.5 Å². The second-order valence-electron chi connectivity index (χ2n) is 6.42. The number of carbonyl (C=O) groups excluding carboxylic acids is 1. The van der Waals surface area contributed by atoms with Gasteiger partial charge in [0.25, 0.3) is 5.91 Å². The van der Waals surface area contributed by atoms with E-state index in [1.807, 2.05) is 55.5 Å². The van der Waals surface area contributed by atoms with E-state index in [4.69, 9.17) is 4.99 Å². The maximum atomic E-state index is 13.2. The van der Waals surface area contributed by atoms with E-state index in [0.717, 1.165) is 46.4 Å². The molecule has 1 N–H and O–H groups in total. The van der Waals surface area contributed by atoms with Crippen molar-refractivity contribution < 1.29 is 4.79 Å².